The SMILES string of the molecule is Cc1oc(CCl)cc1Br. The first kappa shape index (κ1) is 7.16. The minimum Gasteiger partial charge on any atom is -0.464 e. The number of aryl methyl sites for hydroxylation is 1. The second-order valence-electron chi connectivity index (χ2n) is 1.75. The molecule has 0 aliphatic rings. The molecule has 0 radical (unpaired) electrons. The minimum atomic E-state index is 0.437. The van der Waals surface area contributed by atoms with Gasteiger partial charge in [0.05, 0.1) is 10.4 Å². The number of hydrogen-bond donors (Lipinski definition) is 0. The normalized spacial score (nSPS) is 10.1. The summed E-state index contributed by atoms with van der Waals surface area (Å²) in [6, 6.07) is 1.88. The van der Waals surface area contributed by atoms with Crippen LogP contribution in [0.15, 0.2) is 15.0 Å². The predicted molar refractivity (Wildman–Crippen MR) is 40.7 cm³/mol. The van der Waals surface area contributed by atoms with Gasteiger partial charge >= 0.3 is 0 Å². The number of rotatable bonds is 1. The molecule has 1 rings (SSSR count). The van der Waals surface area contributed by atoms with Gasteiger partial charge in [-0.2, -0.15) is 0 Å². The molecule has 1 heterocycles. The maximum absolute atomic E-state index is 5.50. The fraction of sp³-hybridized carbons (Fsp3) is 0.333. The van der Waals surface area contributed by atoms with Crippen molar-refractivity contribution in [1.29, 1.82) is 0 Å². The van der Waals surface area contributed by atoms with Gasteiger partial charge in [-0.1, -0.05) is 0 Å². The molecule has 0 bridgehead atoms. The molecule has 0 fully saturated rings. The molecular formula is C6H6BrClO. The van der Waals surface area contributed by atoms with E-state index in [1.165, 1.54) is 0 Å². The Kier molecular flexibility index (Phi) is 2.19. The van der Waals surface area contributed by atoms with Gasteiger partial charge in [0.25, 0.3) is 0 Å². The topological polar surface area (TPSA) is 13.1 Å². The Hall–Kier alpha value is 0.0500. The molecule has 0 saturated carbocycles. The van der Waals surface area contributed by atoms with Crippen LogP contribution in [0.1, 0.15) is 11.5 Å². The van der Waals surface area contributed by atoms with E-state index in [1.54, 1.807) is 0 Å². The summed E-state index contributed by atoms with van der Waals surface area (Å²) in [6.07, 6.45) is 0. The van der Waals surface area contributed by atoms with Gasteiger partial charge in [0, 0.05) is 0 Å². The van der Waals surface area contributed by atoms with E-state index >= 15 is 0 Å². The Labute approximate surface area is 67.1 Å². The number of furan rings is 1. The summed E-state index contributed by atoms with van der Waals surface area (Å²) in [4.78, 5) is 0. The molecule has 0 N–H and O–H groups in total. The molecule has 0 aliphatic heterocycles. The van der Waals surface area contributed by atoms with Crippen molar-refractivity contribution < 1.29 is 4.42 Å². The highest BCUT2D eigenvalue weighted by molar-refractivity contribution is 9.10. The molecule has 1 aromatic heterocycles. The predicted octanol–water partition coefficient (Wildman–Crippen LogP) is 3.09. The van der Waals surface area contributed by atoms with E-state index in [0.717, 1.165) is 16.0 Å². The standard InChI is InChI=1S/C6H6BrClO/c1-4-6(7)2-5(3-8)9-4/h2H,3H2,1H3. The zero-order valence-electron chi connectivity index (χ0n) is 4.95. The summed E-state index contributed by atoms with van der Waals surface area (Å²) in [7, 11) is 0. The van der Waals surface area contributed by atoms with Crippen LogP contribution in [0.5, 0.6) is 0 Å². The maximum Gasteiger partial charge on any atom is 0.120 e. The van der Waals surface area contributed by atoms with E-state index < -0.39 is 0 Å². The Morgan fingerprint density at radius 1 is 1.78 bits per heavy atom. The van der Waals surface area contributed by atoms with Crippen molar-refractivity contribution >= 4 is 27.5 Å². The van der Waals surface area contributed by atoms with Crippen molar-refractivity contribution in [3.8, 4) is 0 Å². The third kappa shape index (κ3) is 1.49. The molecule has 0 atom stereocenters. The van der Waals surface area contributed by atoms with Gasteiger partial charge in [0.2, 0.25) is 0 Å². The monoisotopic (exact) mass is 208 g/mol. The zero-order chi connectivity index (χ0) is 6.85. The molecule has 9 heavy (non-hydrogen) atoms. The quantitative estimate of drug-likeness (QED) is 0.648. The van der Waals surface area contributed by atoms with E-state index in [2.05, 4.69) is 15.9 Å². The smallest absolute Gasteiger partial charge is 0.120 e. The van der Waals surface area contributed by atoms with Gasteiger partial charge in [-0.25, -0.2) is 0 Å². The third-order valence-corrected chi connectivity index (χ3v) is 2.09. The fourth-order valence-corrected chi connectivity index (χ4v) is 1.05. The lowest BCUT2D eigenvalue weighted by Crippen LogP contribution is -1.64. The van der Waals surface area contributed by atoms with Gasteiger partial charge in [0.15, 0.2) is 0 Å². The second-order valence-corrected chi connectivity index (χ2v) is 2.87. The van der Waals surface area contributed by atoms with Gasteiger partial charge in [-0.3, -0.25) is 0 Å². The van der Waals surface area contributed by atoms with Crippen LogP contribution < -0.4 is 0 Å². The van der Waals surface area contributed by atoms with Crippen molar-refractivity contribution in [2.75, 3.05) is 0 Å². The van der Waals surface area contributed by atoms with E-state index in [1.807, 2.05) is 13.0 Å². The maximum atomic E-state index is 5.50. The summed E-state index contributed by atoms with van der Waals surface area (Å²) >= 11 is 8.80. The Morgan fingerprint density at radius 2 is 2.44 bits per heavy atom. The summed E-state index contributed by atoms with van der Waals surface area (Å²) in [6.45, 7) is 1.89. The lowest BCUT2D eigenvalue weighted by Gasteiger charge is -1.82. The first-order valence-electron chi connectivity index (χ1n) is 2.55. The Balaban J connectivity index is 2.98. The van der Waals surface area contributed by atoms with Crippen LogP contribution in [-0.2, 0) is 5.88 Å². The molecule has 0 unspecified atom stereocenters. The fourth-order valence-electron chi connectivity index (χ4n) is 0.584. The van der Waals surface area contributed by atoms with Gasteiger partial charge in [-0.15, -0.1) is 11.6 Å². The van der Waals surface area contributed by atoms with Crippen LogP contribution in [0.4, 0.5) is 0 Å². The Bertz CT molecular complexity index is 187. The van der Waals surface area contributed by atoms with E-state index in [9.17, 15) is 0 Å². The summed E-state index contributed by atoms with van der Waals surface area (Å²) in [5, 5.41) is 0. The van der Waals surface area contributed by atoms with Crippen LogP contribution in [0.3, 0.4) is 0 Å². The molecule has 0 aliphatic carbocycles. The summed E-state index contributed by atoms with van der Waals surface area (Å²) < 4.78 is 6.17. The molecule has 0 saturated heterocycles. The van der Waals surface area contributed by atoms with Gasteiger partial charge < -0.3 is 4.42 Å². The molecule has 1 aromatic rings. The Morgan fingerprint density at radius 3 is 2.67 bits per heavy atom. The molecular weight excluding hydrogens is 203 g/mol. The van der Waals surface area contributed by atoms with Crippen molar-refractivity contribution in [1.82, 2.24) is 0 Å². The van der Waals surface area contributed by atoms with Crippen molar-refractivity contribution in [2.24, 2.45) is 0 Å². The number of hydrogen-bond acceptors (Lipinski definition) is 1. The molecule has 50 valence electrons. The van der Waals surface area contributed by atoms with Crippen LogP contribution in [0.2, 0.25) is 0 Å². The molecule has 1 nitrogen and oxygen atoms in total. The molecule has 0 aromatic carbocycles. The minimum absolute atomic E-state index is 0.437. The highest BCUT2D eigenvalue weighted by atomic mass is 79.9. The number of alkyl halides is 1. The molecule has 0 spiro atoms. The molecule has 0 amide bonds. The first-order chi connectivity index (χ1) is 4.24. The van der Waals surface area contributed by atoms with E-state index in [0.29, 0.717) is 5.88 Å². The van der Waals surface area contributed by atoms with Crippen LogP contribution in [-0.4, -0.2) is 0 Å². The third-order valence-electron chi connectivity index (χ3n) is 1.04. The largest absolute Gasteiger partial charge is 0.464 e. The average molecular weight is 209 g/mol. The van der Waals surface area contributed by atoms with E-state index in [4.69, 9.17) is 16.0 Å². The highest BCUT2D eigenvalue weighted by Crippen LogP contribution is 2.21. The summed E-state index contributed by atoms with van der Waals surface area (Å²) in [5.74, 6) is 2.12. The van der Waals surface area contributed by atoms with Crippen molar-refractivity contribution in [3.63, 3.8) is 0 Å². The lowest BCUT2D eigenvalue weighted by molar-refractivity contribution is 0.499. The van der Waals surface area contributed by atoms with Crippen LogP contribution >= 0.6 is 27.5 Å². The van der Waals surface area contributed by atoms with Crippen LogP contribution in [0.25, 0.3) is 0 Å². The number of halogens is 2. The van der Waals surface area contributed by atoms with Crippen molar-refractivity contribution in [2.45, 2.75) is 12.8 Å². The average Bonchev–Trinajstić information content (AvgIpc) is 2.13. The van der Waals surface area contributed by atoms with Gasteiger partial charge in [0.1, 0.15) is 11.5 Å². The van der Waals surface area contributed by atoms with Crippen LogP contribution in [0, 0.1) is 6.92 Å². The van der Waals surface area contributed by atoms with E-state index in [-0.39, 0.29) is 0 Å². The lowest BCUT2D eigenvalue weighted by atomic mass is 10.5. The second kappa shape index (κ2) is 2.76. The van der Waals surface area contributed by atoms with Crippen molar-refractivity contribution in [3.05, 3.63) is 22.1 Å². The molecule has 3 heteroatoms. The summed E-state index contributed by atoms with van der Waals surface area (Å²) in [5.41, 5.74) is 0. The van der Waals surface area contributed by atoms with Gasteiger partial charge in [-0.05, 0) is 28.9 Å². The highest BCUT2D eigenvalue weighted by Gasteiger charge is 2.01. The zero-order valence-corrected chi connectivity index (χ0v) is 7.29. The first-order valence-corrected chi connectivity index (χ1v) is 3.87.